The summed E-state index contributed by atoms with van der Waals surface area (Å²) >= 11 is 0. The second-order valence-electron chi connectivity index (χ2n) is 8.63. The molecule has 27 heavy (non-hydrogen) atoms. The number of carbonyl (C=O) groups is 1. The molecule has 1 aromatic rings. The molecular formula is C24H37NO2. The molecular weight excluding hydrogens is 334 g/mol. The van der Waals surface area contributed by atoms with Crippen molar-refractivity contribution in [2.75, 3.05) is 19.7 Å². The first-order valence-corrected chi connectivity index (χ1v) is 11.2. The lowest BCUT2D eigenvalue weighted by molar-refractivity contribution is -0.139. The maximum absolute atomic E-state index is 13.0. The zero-order chi connectivity index (χ0) is 18.9. The van der Waals surface area contributed by atoms with E-state index in [0.717, 1.165) is 50.6 Å². The van der Waals surface area contributed by atoms with Gasteiger partial charge in [-0.3, -0.25) is 4.79 Å². The number of likely N-dealkylation sites (tertiary alicyclic amines) is 1. The van der Waals surface area contributed by atoms with E-state index in [0.29, 0.717) is 11.8 Å². The van der Waals surface area contributed by atoms with Crippen LogP contribution in [0.5, 0.6) is 5.75 Å². The van der Waals surface area contributed by atoms with E-state index in [1.54, 1.807) is 0 Å². The van der Waals surface area contributed by atoms with Crippen LogP contribution >= 0.6 is 0 Å². The molecule has 3 heteroatoms. The molecule has 1 amide bonds. The summed E-state index contributed by atoms with van der Waals surface area (Å²) in [5.41, 5.74) is 0. The lowest BCUT2D eigenvalue weighted by atomic mass is 9.79. The van der Waals surface area contributed by atoms with Crippen LogP contribution in [0.1, 0.15) is 71.1 Å². The second-order valence-corrected chi connectivity index (χ2v) is 8.63. The molecule has 1 aliphatic carbocycles. The summed E-state index contributed by atoms with van der Waals surface area (Å²) in [5, 5.41) is 0. The van der Waals surface area contributed by atoms with Crippen molar-refractivity contribution in [3.8, 4) is 5.75 Å². The van der Waals surface area contributed by atoms with Crippen LogP contribution < -0.4 is 4.74 Å². The summed E-state index contributed by atoms with van der Waals surface area (Å²) in [5.74, 6) is 2.97. The average Bonchev–Trinajstić information content (AvgIpc) is 2.73. The van der Waals surface area contributed by atoms with Crippen molar-refractivity contribution in [1.29, 1.82) is 0 Å². The Morgan fingerprint density at radius 1 is 1.04 bits per heavy atom. The zero-order valence-corrected chi connectivity index (χ0v) is 17.1. The molecule has 2 aliphatic rings. The van der Waals surface area contributed by atoms with Crippen molar-refractivity contribution >= 4 is 5.91 Å². The van der Waals surface area contributed by atoms with Gasteiger partial charge in [0.2, 0.25) is 5.91 Å². The highest BCUT2D eigenvalue weighted by Crippen LogP contribution is 2.34. The van der Waals surface area contributed by atoms with Gasteiger partial charge in [-0.05, 0) is 56.6 Å². The fraction of sp³-hybridized carbons (Fsp3) is 0.708. The fourth-order valence-corrected chi connectivity index (χ4v) is 4.77. The van der Waals surface area contributed by atoms with Gasteiger partial charge in [-0.2, -0.15) is 0 Å². The molecule has 0 radical (unpaired) electrons. The smallest absolute Gasteiger partial charge is 0.225 e. The highest BCUT2D eigenvalue weighted by molar-refractivity contribution is 5.79. The summed E-state index contributed by atoms with van der Waals surface area (Å²) in [6.07, 6.45) is 12.4. The van der Waals surface area contributed by atoms with Crippen molar-refractivity contribution < 1.29 is 9.53 Å². The molecule has 1 unspecified atom stereocenters. The topological polar surface area (TPSA) is 29.5 Å². The quantitative estimate of drug-likeness (QED) is 0.549. The van der Waals surface area contributed by atoms with Crippen LogP contribution in [0.15, 0.2) is 30.3 Å². The van der Waals surface area contributed by atoms with Crippen LogP contribution in [0.4, 0.5) is 0 Å². The molecule has 0 spiro atoms. The van der Waals surface area contributed by atoms with Crippen molar-refractivity contribution in [3.63, 3.8) is 0 Å². The standard InChI is InChI=1S/C24H37NO2/c1-2-3-5-9-20-13-15-22(16-14-20)24(26)25-17-8-10-21(18-25)19-27-23-11-6-4-7-12-23/h4,6-7,11-12,20-22H,2-3,5,8-10,13-19H2,1H3. The SMILES string of the molecule is CCCCCC1CCC(C(=O)N2CCCC(COc3ccccc3)C2)CC1. The minimum absolute atomic E-state index is 0.279. The van der Waals surface area contributed by atoms with Crippen molar-refractivity contribution in [1.82, 2.24) is 4.90 Å². The number of rotatable bonds is 8. The largest absolute Gasteiger partial charge is 0.493 e. The number of ether oxygens (including phenoxy) is 1. The minimum Gasteiger partial charge on any atom is -0.493 e. The molecule has 0 aromatic heterocycles. The van der Waals surface area contributed by atoms with Crippen LogP contribution in [0, 0.1) is 17.8 Å². The summed E-state index contributed by atoms with van der Waals surface area (Å²) in [6.45, 7) is 4.81. The van der Waals surface area contributed by atoms with Gasteiger partial charge in [-0.15, -0.1) is 0 Å². The van der Waals surface area contributed by atoms with Gasteiger partial charge in [0.15, 0.2) is 0 Å². The highest BCUT2D eigenvalue weighted by atomic mass is 16.5. The van der Waals surface area contributed by atoms with Gasteiger partial charge in [-0.25, -0.2) is 0 Å². The summed E-state index contributed by atoms with van der Waals surface area (Å²) in [4.78, 5) is 15.2. The molecule has 1 saturated heterocycles. The van der Waals surface area contributed by atoms with Crippen molar-refractivity contribution in [3.05, 3.63) is 30.3 Å². The summed E-state index contributed by atoms with van der Waals surface area (Å²) in [7, 11) is 0. The van der Waals surface area contributed by atoms with Gasteiger partial charge in [0.1, 0.15) is 5.75 Å². The first-order chi connectivity index (χ1) is 13.3. The molecule has 150 valence electrons. The molecule has 3 nitrogen and oxygen atoms in total. The minimum atomic E-state index is 0.279. The maximum atomic E-state index is 13.0. The highest BCUT2D eigenvalue weighted by Gasteiger charge is 2.32. The van der Waals surface area contributed by atoms with E-state index < -0.39 is 0 Å². The lowest BCUT2D eigenvalue weighted by Crippen LogP contribution is -2.45. The number of benzene rings is 1. The molecule has 2 fully saturated rings. The van der Waals surface area contributed by atoms with Gasteiger partial charge >= 0.3 is 0 Å². The molecule has 3 rings (SSSR count). The zero-order valence-electron chi connectivity index (χ0n) is 17.1. The Kier molecular flexibility index (Phi) is 8.04. The molecule has 1 aromatic carbocycles. The van der Waals surface area contributed by atoms with E-state index in [9.17, 15) is 4.79 Å². The van der Waals surface area contributed by atoms with Gasteiger partial charge in [0.25, 0.3) is 0 Å². The number of piperidine rings is 1. The number of para-hydroxylation sites is 1. The van der Waals surface area contributed by atoms with Crippen LogP contribution in [0.25, 0.3) is 0 Å². The number of amides is 1. The predicted molar refractivity (Wildman–Crippen MR) is 111 cm³/mol. The van der Waals surface area contributed by atoms with Gasteiger partial charge in [0, 0.05) is 24.9 Å². The van der Waals surface area contributed by atoms with Crippen molar-refractivity contribution in [2.45, 2.75) is 71.1 Å². The van der Waals surface area contributed by atoms with E-state index in [1.165, 1.54) is 44.9 Å². The average molecular weight is 372 g/mol. The molecule has 0 bridgehead atoms. The van der Waals surface area contributed by atoms with E-state index in [2.05, 4.69) is 11.8 Å². The number of carbonyl (C=O) groups excluding carboxylic acids is 1. The number of hydrogen-bond acceptors (Lipinski definition) is 2. The number of unbranched alkanes of at least 4 members (excludes halogenated alkanes) is 2. The first-order valence-electron chi connectivity index (χ1n) is 11.2. The normalized spacial score (nSPS) is 26.0. The van der Waals surface area contributed by atoms with Crippen LogP contribution in [0.3, 0.4) is 0 Å². The molecule has 1 aliphatic heterocycles. The second kappa shape index (κ2) is 10.7. The molecule has 1 saturated carbocycles. The maximum Gasteiger partial charge on any atom is 0.225 e. The molecule has 0 N–H and O–H groups in total. The monoisotopic (exact) mass is 371 g/mol. The van der Waals surface area contributed by atoms with Crippen LogP contribution in [-0.4, -0.2) is 30.5 Å². The molecule has 1 atom stereocenters. The van der Waals surface area contributed by atoms with Gasteiger partial charge in [0.05, 0.1) is 6.61 Å². The number of nitrogens with zero attached hydrogens (tertiary/aromatic N) is 1. The Bertz CT molecular complexity index is 551. The Morgan fingerprint density at radius 3 is 2.56 bits per heavy atom. The van der Waals surface area contributed by atoms with E-state index in [4.69, 9.17) is 4.74 Å². The van der Waals surface area contributed by atoms with Crippen LogP contribution in [0.2, 0.25) is 0 Å². The molecule has 1 heterocycles. The number of hydrogen-bond donors (Lipinski definition) is 0. The van der Waals surface area contributed by atoms with E-state index >= 15 is 0 Å². The Hall–Kier alpha value is -1.51. The van der Waals surface area contributed by atoms with Gasteiger partial charge < -0.3 is 9.64 Å². The lowest BCUT2D eigenvalue weighted by Gasteiger charge is -2.37. The third kappa shape index (κ3) is 6.26. The fourth-order valence-electron chi connectivity index (χ4n) is 4.77. The van der Waals surface area contributed by atoms with Gasteiger partial charge in [-0.1, -0.05) is 50.8 Å². The third-order valence-electron chi connectivity index (χ3n) is 6.47. The van der Waals surface area contributed by atoms with Crippen LogP contribution in [-0.2, 0) is 4.79 Å². The third-order valence-corrected chi connectivity index (χ3v) is 6.47. The van der Waals surface area contributed by atoms with Crippen molar-refractivity contribution in [2.24, 2.45) is 17.8 Å². The first kappa shape index (κ1) is 20.2. The van der Waals surface area contributed by atoms with E-state index in [1.807, 2.05) is 30.3 Å². The summed E-state index contributed by atoms with van der Waals surface area (Å²) in [6, 6.07) is 10.0. The Labute approximate surface area is 165 Å². The summed E-state index contributed by atoms with van der Waals surface area (Å²) < 4.78 is 5.94. The predicted octanol–water partition coefficient (Wildman–Crippen LogP) is 5.69. The Morgan fingerprint density at radius 2 is 1.81 bits per heavy atom. The van der Waals surface area contributed by atoms with E-state index in [-0.39, 0.29) is 5.92 Å². The Balaban J connectivity index is 1.40.